The van der Waals surface area contributed by atoms with Crippen molar-refractivity contribution in [2.45, 2.75) is 6.42 Å². The van der Waals surface area contributed by atoms with Gasteiger partial charge in [-0.2, -0.15) is 0 Å². The molecular weight excluding hydrogens is 320 g/mol. The molecular formula is C19H22N2O4. The summed E-state index contributed by atoms with van der Waals surface area (Å²) in [6.07, 6.45) is 2.26. The predicted octanol–water partition coefficient (Wildman–Crippen LogP) is 2.41. The molecule has 2 aromatic rings. The number of nitrogens with zero attached hydrogens (tertiary/aromatic N) is 1. The molecule has 0 radical (unpaired) electrons. The third kappa shape index (κ3) is 5.84. The molecule has 0 unspecified atom stereocenters. The first-order valence-electron chi connectivity index (χ1n) is 7.91. The number of hydrogen-bond acceptors (Lipinski definition) is 5. The highest BCUT2D eigenvalue weighted by molar-refractivity contribution is 5.84. The predicted molar refractivity (Wildman–Crippen MR) is 96.2 cm³/mol. The van der Waals surface area contributed by atoms with Crippen LogP contribution < -0.4 is 14.8 Å². The highest BCUT2D eigenvalue weighted by Gasteiger charge is 2.07. The first-order valence-corrected chi connectivity index (χ1v) is 7.91. The summed E-state index contributed by atoms with van der Waals surface area (Å²) in [5.74, 6) is 0.945. The summed E-state index contributed by atoms with van der Waals surface area (Å²) in [4.78, 5) is 16.7. The van der Waals surface area contributed by atoms with Crippen molar-refractivity contribution < 1.29 is 19.1 Å². The van der Waals surface area contributed by atoms with Crippen molar-refractivity contribution in [3.63, 3.8) is 0 Å². The first-order chi connectivity index (χ1) is 12.2. The van der Waals surface area contributed by atoms with Gasteiger partial charge in [0.1, 0.15) is 0 Å². The minimum atomic E-state index is -0.217. The van der Waals surface area contributed by atoms with Gasteiger partial charge in [0.25, 0.3) is 5.91 Å². The van der Waals surface area contributed by atoms with Gasteiger partial charge < -0.3 is 19.6 Å². The van der Waals surface area contributed by atoms with Gasteiger partial charge in [-0.3, -0.25) is 4.79 Å². The maximum Gasteiger partial charge on any atom is 0.260 e. The molecule has 2 rings (SSSR count). The highest BCUT2D eigenvalue weighted by Crippen LogP contribution is 2.29. The topological polar surface area (TPSA) is 69.2 Å². The molecule has 132 valence electrons. The molecule has 0 aliphatic carbocycles. The van der Waals surface area contributed by atoms with Gasteiger partial charge in [0.15, 0.2) is 18.1 Å². The number of carbonyl (C=O) groups is 1. The van der Waals surface area contributed by atoms with Crippen molar-refractivity contribution in [1.82, 2.24) is 5.32 Å². The SMILES string of the molecule is COc1cccc(/C=N\OCC(=O)NCCc2ccccc2)c1OC. The molecule has 0 fully saturated rings. The fourth-order valence-corrected chi connectivity index (χ4v) is 2.25. The number of amides is 1. The fourth-order valence-electron chi connectivity index (χ4n) is 2.25. The molecule has 6 heteroatoms. The standard InChI is InChI=1S/C19H22N2O4/c1-23-17-10-6-9-16(19(17)24-2)13-21-25-14-18(22)20-12-11-15-7-4-3-5-8-15/h3-10,13H,11-12,14H2,1-2H3,(H,20,22)/b21-13-. The van der Waals surface area contributed by atoms with Gasteiger partial charge in [-0.15, -0.1) is 0 Å². The Kier molecular flexibility index (Phi) is 7.31. The zero-order valence-corrected chi connectivity index (χ0v) is 14.4. The third-order valence-electron chi connectivity index (χ3n) is 3.47. The smallest absolute Gasteiger partial charge is 0.260 e. The lowest BCUT2D eigenvalue weighted by Crippen LogP contribution is -2.28. The summed E-state index contributed by atoms with van der Waals surface area (Å²) in [5.41, 5.74) is 1.87. The van der Waals surface area contributed by atoms with Gasteiger partial charge in [-0.1, -0.05) is 41.6 Å². The molecule has 2 aromatic carbocycles. The Morgan fingerprint density at radius 1 is 1.08 bits per heavy atom. The van der Waals surface area contributed by atoms with Crippen LogP contribution in [0.5, 0.6) is 11.5 Å². The van der Waals surface area contributed by atoms with Gasteiger partial charge in [0, 0.05) is 12.1 Å². The van der Waals surface area contributed by atoms with Gasteiger partial charge in [0.2, 0.25) is 0 Å². The van der Waals surface area contributed by atoms with E-state index in [1.54, 1.807) is 20.3 Å². The van der Waals surface area contributed by atoms with E-state index < -0.39 is 0 Å². The Hall–Kier alpha value is -3.02. The van der Waals surface area contributed by atoms with Crippen LogP contribution in [0.2, 0.25) is 0 Å². The quantitative estimate of drug-likeness (QED) is 0.561. The van der Waals surface area contributed by atoms with E-state index in [2.05, 4.69) is 10.5 Å². The van der Waals surface area contributed by atoms with Crippen molar-refractivity contribution in [2.24, 2.45) is 5.16 Å². The minimum absolute atomic E-state index is 0.141. The number of benzene rings is 2. The summed E-state index contributed by atoms with van der Waals surface area (Å²) in [7, 11) is 3.12. The Morgan fingerprint density at radius 2 is 1.88 bits per heavy atom. The van der Waals surface area contributed by atoms with E-state index in [0.29, 0.717) is 23.6 Å². The second-order valence-electron chi connectivity index (χ2n) is 5.18. The number of methoxy groups -OCH3 is 2. The van der Waals surface area contributed by atoms with E-state index >= 15 is 0 Å². The Bertz CT molecular complexity index is 702. The lowest BCUT2D eigenvalue weighted by molar-refractivity contribution is -0.125. The largest absolute Gasteiger partial charge is 0.493 e. The molecule has 0 saturated carbocycles. The van der Waals surface area contributed by atoms with Crippen molar-refractivity contribution in [1.29, 1.82) is 0 Å². The van der Waals surface area contributed by atoms with Crippen LogP contribution in [0.25, 0.3) is 0 Å². The summed E-state index contributed by atoms with van der Waals surface area (Å²) in [6, 6.07) is 15.4. The van der Waals surface area contributed by atoms with E-state index in [0.717, 1.165) is 6.42 Å². The van der Waals surface area contributed by atoms with Crippen LogP contribution in [0.4, 0.5) is 0 Å². The molecule has 1 amide bonds. The number of para-hydroxylation sites is 1. The maximum absolute atomic E-state index is 11.7. The summed E-state index contributed by atoms with van der Waals surface area (Å²) >= 11 is 0. The molecule has 0 bridgehead atoms. The molecule has 25 heavy (non-hydrogen) atoms. The van der Waals surface area contributed by atoms with Crippen molar-refractivity contribution in [3.05, 3.63) is 59.7 Å². The number of hydrogen-bond donors (Lipinski definition) is 1. The fraction of sp³-hybridized carbons (Fsp3) is 0.263. The van der Waals surface area contributed by atoms with E-state index in [9.17, 15) is 4.79 Å². The highest BCUT2D eigenvalue weighted by atomic mass is 16.6. The number of oxime groups is 1. The molecule has 0 saturated heterocycles. The Morgan fingerprint density at radius 3 is 2.60 bits per heavy atom. The number of nitrogens with one attached hydrogen (secondary N) is 1. The van der Waals surface area contributed by atoms with Crippen LogP contribution in [-0.4, -0.2) is 39.5 Å². The summed E-state index contributed by atoms with van der Waals surface area (Å²) < 4.78 is 10.5. The number of carbonyl (C=O) groups excluding carboxylic acids is 1. The van der Waals surface area contributed by atoms with E-state index in [1.165, 1.54) is 11.8 Å². The molecule has 0 aromatic heterocycles. The zero-order chi connectivity index (χ0) is 17.9. The molecule has 0 spiro atoms. The normalized spacial score (nSPS) is 10.5. The minimum Gasteiger partial charge on any atom is -0.493 e. The van der Waals surface area contributed by atoms with Gasteiger partial charge in [0.05, 0.1) is 20.4 Å². The van der Waals surface area contributed by atoms with Crippen LogP contribution >= 0.6 is 0 Å². The lowest BCUT2D eigenvalue weighted by Gasteiger charge is -2.09. The van der Waals surface area contributed by atoms with Crippen LogP contribution in [0, 0.1) is 0 Å². The second kappa shape index (κ2) is 9.97. The molecule has 1 N–H and O–H groups in total. The average Bonchev–Trinajstić information content (AvgIpc) is 2.65. The van der Waals surface area contributed by atoms with Gasteiger partial charge in [-0.25, -0.2) is 0 Å². The first kappa shape index (κ1) is 18.3. The van der Waals surface area contributed by atoms with E-state index in [1.807, 2.05) is 42.5 Å². The van der Waals surface area contributed by atoms with Crippen molar-refractivity contribution in [3.8, 4) is 11.5 Å². The van der Waals surface area contributed by atoms with E-state index in [4.69, 9.17) is 14.3 Å². The molecule has 0 aliphatic rings. The van der Waals surface area contributed by atoms with Crippen molar-refractivity contribution in [2.75, 3.05) is 27.4 Å². The Labute approximate surface area is 147 Å². The van der Waals surface area contributed by atoms with Crippen LogP contribution in [-0.2, 0) is 16.1 Å². The zero-order valence-electron chi connectivity index (χ0n) is 14.4. The average molecular weight is 342 g/mol. The molecule has 6 nitrogen and oxygen atoms in total. The molecule has 0 aliphatic heterocycles. The number of ether oxygens (including phenoxy) is 2. The monoisotopic (exact) mass is 342 g/mol. The second-order valence-corrected chi connectivity index (χ2v) is 5.18. The van der Waals surface area contributed by atoms with Crippen molar-refractivity contribution >= 4 is 12.1 Å². The lowest BCUT2D eigenvalue weighted by atomic mass is 10.1. The molecule has 0 atom stereocenters. The van der Waals surface area contributed by atoms with Crippen LogP contribution in [0.1, 0.15) is 11.1 Å². The summed E-state index contributed by atoms with van der Waals surface area (Å²) in [6.45, 7) is 0.414. The van der Waals surface area contributed by atoms with Gasteiger partial charge in [-0.05, 0) is 24.1 Å². The van der Waals surface area contributed by atoms with Crippen LogP contribution in [0.3, 0.4) is 0 Å². The molecule has 0 heterocycles. The summed E-state index contributed by atoms with van der Waals surface area (Å²) in [5, 5.41) is 6.60. The van der Waals surface area contributed by atoms with Crippen LogP contribution in [0.15, 0.2) is 53.7 Å². The van der Waals surface area contributed by atoms with E-state index in [-0.39, 0.29) is 12.5 Å². The third-order valence-corrected chi connectivity index (χ3v) is 3.47. The van der Waals surface area contributed by atoms with Gasteiger partial charge >= 0.3 is 0 Å². The maximum atomic E-state index is 11.7. The Balaban J connectivity index is 1.74. The number of rotatable bonds is 9.